The maximum Gasteiger partial charge on any atom is 0.140 e. The zero-order valence-electron chi connectivity index (χ0n) is 12.5. The number of nitriles is 1. The largest absolute Gasteiger partial charge is 0.468 e. The van der Waals surface area contributed by atoms with E-state index in [0.29, 0.717) is 5.69 Å². The molecule has 1 atom stereocenters. The molecule has 1 saturated heterocycles. The van der Waals surface area contributed by atoms with Crippen LogP contribution in [0.3, 0.4) is 0 Å². The SMILES string of the molecule is N#Cc1ccc(NCC(c2ccco2)N2CCCCC2)cn1. The molecule has 0 aliphatic carbocycles. The van der Waals surface area contributed by atoms with Gasteiger partial charge in [0.05, 0.1) is 24.2 Å². The zero-order chi connectivity index (χ0) is 15.2. The van der Waals surface area contributed by atoms with Gasteiger partial charge in [-0.3, -0.25) is 4.90 Å². The van der Waals surface area contributed by atoms with Gasteiger partial charge in [-0.1, -0.05) is 6.42 Å². The summed E-state index contributed by atoms with van der Waals surface area (Å²) in [5, 5.41) is 12.2. The van der Waals surface area contributed by atoms with Gasteiger partial charge in [0.2, 0.25) is 0 Å². The first-order valence-corrected chi connectivity index (χ1v) is 7.74. The van der Waals surface area contributed by atoms with Gasteiger partial charge in [-0.25, -0.2) is 4.98 Å². The normalized spacial score (nSPS) is 16.9. The van der Waals surface area contributed by atoms with Gasteiger partial charge in [0, 0.05) is 6.54 Å². The van der Waals surface area contributed by atoms with E-state index in [2.05, 4.69) is 15.2 Å². The summed E-state index contributed by atoms with van der Waals surface area (Å²) in [5.74, 6) is 0.996. The molecule has 0 amide bonds. The molecule has 1 fully saturated rings. The third kappa shape index (κ3) is 3.46. The number of hydrogen-bond acceptors (Lipinski definition) is 5. The fourth-order valence-corrected chi connectivity index (χ4v) is 2.90. The number of anilines is 1. The standard InChI is InChI=1S/C17H20N4O/c18-11-14-6-7-15(12-19-14)20-13-16(17-5-4-10-22-17)21-8-2-1-3-9-21/h4-7,10,12,16,20H,1-3,8-9,13H2. The van der Waals surface area contributed by atoms with E-state index < -0.39 is 0 Å². The number of piperidine rings is 1. The second-order valence-electron chi connectivity index (χ2n) is 5.55. The average molecular weight is 296 g/mol. The van der Waals surface area contributed by atoms with Crippen molar-refractivity contribution in [3.63, 3.8) is 0 Å². The van der Waals surface area contributed by atoms with E-state index in [1.807, 2.05) is 24.3 Å². The Labute approximate surface area is 130 Å². The summed E-state index contributed by atoms with van der Waals surface area (Å²) in [6.45, 7) is 2.98. The van der Waals surface area contributed by atoms with E-state index in [1.165, 1.54) is 19.3 Å². The van der Waals surface area contributed by atoms with Crippen molar-refractivity contribution in [3.8, 4) is 6.07 Å². The lowest BCUT2D eigenvalue weighted by molar-refractivity contribution is 0.153. The highest BCUT2D eigenvalue weighted by molar-refractivity contribution is 5.43. The molecule has 1 N–H and O–H groups in total. The zero-order valence-corrected chi connectivity index (χ0v) is 12.5. The number of nitrogens with one attached hydrogen (secondary N) is 1. The molecule has 0 radical (unpaired) electrons. The van der Waals surface area contributed by atoms with Gasteiger partial charge < -0.3 is 9.73 Å². The number of furan rings is 1. The average Bonchev–Trinajstić information content (AvgIpc) is 3.11. The lowest BCUT2D eigenvalue weighted by Gasteiger charge is -2.33. The number of aromatic nitrogens is 1. The fourth-order valence-electron chi connectivity index (χ4n) is 2.90. The van der Waals surface area contributed by atoms with Crippen molar-refractivity contribution in [1.29, 1.82) is 5.26 Å². The molecule has 5 nitrogen and oxygen atoms in total. The van der Waals surface area contributed by atoms with Crippen LogP contribution >= 0.6 is 0 Å². The van der Waals surface area contributed by atoms with E-state index in [-0.39, 0.29) is 6.04 Å². The van der Waals surface area contributed by atoms with Crippen molar-refractivity contribution >= 4 is 5.69 Å². The molecule has 3 rings (SSSR count). The first-order valence-electron chi connectivity index (χ1n) is 7.74. The van der Waals surface area contributed by atoms with Gasteiger partial charge in [-0.15, -0.1) is 0 Å². The van der Waals surface area contributed by atoms with Gasteiger partial charge in [0.25, 0.3) is 0 Å². The predicted molar refractivity (Wildman–Crippen MR) is 84.3 cm³/mol. The van der Waals surface area contributed by atoms with Crippen molar-refractivity contribution in [2.75, 3.05) is 25.0 Å². The highest BCUT2D eigenvalue weighted by atomic mass is 16.3. The van der Waals surface area contributed by atoms with Crippen molar-refractivity contribution in [1.82, 2.24) is 9.88 Å². The predicted octanol–water partition coefficient (Wildman–Crippen LogP) is 3.19. The monoisotopic (exact) mass is 296 g/mol. The summed E-state index contributed by atoms with van der Waals surface area (Å²) in [6, 6.07) is 9.86. The molecule has 2 aromatic rings. The summed E-state index contributed by atoms with van der Waals surface area (Å²) >= 11 is 0. The Morgan fingerprint density at radius 3 is 2.77 bits per heavy atom. The van der Waals surface area contributed by atoms with E-state index in [1.54, 1.807) is 18.5 Å². The Morgan fingerprint density at radius 1 is 1.27 bits per heavy atom. The van der Waals surface area contributed by atoms with Crippen molar-refractivity contribution < 1.29 is 4.42 Å². The molecular formula is C17H20N4O. The number of likely N-dealkylation sites (tertiary alicyclic amines) is 1. The van der Waals surface area contributed by atoms with Crippen LogP contribution in [0.25, 0.3) is 0 Å². The van der Waals surface area contributed by atoms with Gasteiger partial charge in [-0.2, -0.15) is 5.26 Å². The quantitative estimate of drug-likeness (QED) is 0.918. The second kappa shape index (κ2) is 7.10. The minimum absolute atomic E-state index is 0.228. The number of hydrogen-bond donors (Lipinski definition) is 1. The molecule has 0 aromatic carbocycles. The first kappa shape index (κ1) is 14.6. The van der Waals surface area contributed by atoms with Crippen molar-refractivity contribution in [2.24, 2.45) is 0 Å². The molecule has 3 heterocycles. The maximum atomic E-state index is 8.79. The van der Waals surface area contributed by atoms with Crippen LogP contribution in [-0.2, 0) is 0 Å². The van der Waals surface area contributed by atoms with Crippen LogP contribution in [0.15, 0.2) is 41.1 Å². The Hall–Kier alpha value is -2.32. The summed E-state index contributed by atoms with van der Waals surface area (Å²) in [7, 11) is 0. The molecule has 1 unspecified atom stereocenters. The molecule has 114 valence electrons. The van der Waals surface area contributed by atoms with Gasteiger partial charge in [-0.05, 0) is 50.2 Å². The fraction of sp³-hybridized carbons (Fsp3) is 0.412. The Morgan fingerprint density at radius 2 is 2.14 bits per heavy atom. The molecular weight excluding hydrogens is 276 g/mol. The van der Waals surface area contributed by atoms with E-state index in [4.69, 9.17) is 9.68 Å². The second-order valence-corrected chi connectivity index (χ2v) is 5.55. The molecule has 22 heavy (non-hydrogen) atoms. The van der Waals surface area contributed by atoms with Crippen LogP contribution in [-0.4, -0.2) is 29.5 Å². The third-order valence-electron chi connectivity index (χ3n) is 4.08. The van der Waals surface area contributed by atoms with Crippen LogP contribution in [0, 0.1) is 11.3 Å². The minimum Gasteiger partial charge on any atom is -0.468 e. The number of pyridine rings is 1. The molecule has 1 aliphatic heterocycles. The molecule has 0 bridgehead atoms. The Balaban J connectivity index is 1.68. The molecule has 0 spiro atoms. The van der Waals surface area contributed by atoms with Crippen LogP contribution in [0.4, 0.5) is 5.69 Å². The molecule has 5 heteroatoms. The number of nitrogens with zero attached hydrogens (tertiary/aromatic N) is 3. The lowest BCUT2D eigenvalue weighted by Crippen LogP contribution is -2.37. The topological polar surface area (TPSA) is 65.1 Å². The minimum atomic E-state index is 0.228. The van der Waals surface area contributed by atoms with Gasteiger partial charge in [0.1, 0.15) is 17.5 Å². The summed E-state index contributed by atoms with van der Waals surface area (Å²) in [5.41, 5.74) is 1.36. The summed E-state index contributed by atoms with van der Waals surface area (Å²) < 4.78 is 5.63. The third-order valence-corrected chi connectivity index (χ3v) is 4.08. The lowest BCUT2D eigenvalue weighted by atomic mass is 10.1. The molecule has 0 saturated carbocycles. The Bertz CT molecular complexity index is 609. The van der Waals surface area contributed by atoms with E-state index in [0.717, 1.165) is 31.1 Å². The van der Waals surface area contributed by atoms with E-state index >= 15 is 0 Å². The van der Waals surface area contributed by atoms with Gasteiger partial charge >= 0.3 is 0 Å². The van der Waals surface area contributed by atoms with Crippen molar-refractivity contribution in [3.05, 3.63) is 48.2 Å². The smallest absolute Gasteiger partial charge is 0.140 e. The Kier molecular flexibility index (Phi) is 4.71. The number of rotatable bonds is 5. The van der Waals surface area contributed by atoms with Crippen molar-refractivity contribution in [2.45, 2.75) is 25.3 Å². The van der Waals surface area contributed by atoms with Crippen LogP contribution in [0.2, 0.25) is 0 Å². The maximum absolute atomic E-state index is 8.79. The highest BCUT2D eigenvalue weighted by Gasteiger charge is 2.24. The molecule has 1 aliphatic rings. The first-order chi connectivity index (χ1) is 10.9. The summed E-state index contributed by atoms with van der Waals surface area (Å²) in [4.78, 5) is 6.57. The highest BCUT2D eigenvalue weighted by Crippen LogP contribution is 2.25. The van der Waals surface area contributed by atoms with Crippen LogP contribution < -0.4 is 5.32 Å². The van der Waals surface area contributed by atoms with Crippen LogP contribution in [0.1, 0.15) is 36.8 Å². The van der Waals surface area contributed by atoms with Crippen LogP contribution in [0.5, 0.6) is 0 Å². The van der Waals surface area contributed by atoms with E-state index in [9.17, 15) is 0 Å². The summed E-state index contributed by atoms with van der Waals surface area (Å²) in [6.07, 6.45) is 7.24. The van der Waals surface area contributed by atoms with Gasteiger partial charge in [0.15, 0.2) is 0 Å². The molecule has 2 aromatic heterocycles.